The molecule has 0 saturated carbocycles. The minimum atomic E-state index is -1.15. The van der Waals surface area contributed by atoms with E-state index in [0.717, 1.165) is 0 Å². The van der Waals surface area contributed by atoms with Crippen LogP contribution in [0.2, 0.25) is 0 Å². The number of rotatable bonds is 13. The molecule has 6 N–H and O–H groups in total. The molecular weight excluding hydrogens is 322 g/mol. The van der Waals surface area contributed by atoms with E-state index in [1.807, 2.05) is 27.7 Å². The van der Waals surface area contributed by atoms with Crippen LogP contribution in [-0.2, 0) is 4.74 Å². The van der Waals surface area contributed by atoms with Crippen molar-refractivity contribution in [1.29, 1.82) is 0 Å². The molecule has 0 aliphatic rings. The Labute approximate surface area is 153 Å². The van der Waals surface area contributed by atoms with Gasteiger partial charge in [0.2, 0.25) is 0 Å². The largest absolute Gasteiger partial charge is 0.393 e. The molecule has 6 nitrogen and oxygen atoms in total. The van der Waals surface area contributed by atoms with Gasteiger partial charge in [-0.15, -0.1) is 0 Å². The van der Waals surface area contributed by atoms with Gasteiger partial charge in [-0.2, -0.15) is 0 Å². The summed E-state index contributed by atoms with van der Waals surface area (Å²) in [4.78, 5) is 0. The van der Waals surface area contributed by atoms with Crippen molar-refractivity contribution in [3.63, 3.8) is 0 Å². The van der Waals surface area contributed by atoms with E-state index >= 15 is 0 Å². The molecule has 0 saturated heterocycles. The smallest absolute Gasteiger partial charge is 0.159 e. The fourth-order valence-corrected chi connectivity index (χ4v) is 3.20. The van der Waals surface area contributed by atoms with E-state index in [1.54, 1.807) is 13.8 Å². The van der Waals surface area contributed by atoms with Crippen LogP contribution in [0.1, 0.15) is 67.2 Å². The number of hydrogen-bond donors (Lipinski definition) is 5. The lowest BCUT2D eigenvalue weighted by Gasteiger charge is -2.35. The van der Waals surface area contributed by atoms with E-state index in [-0.39, 0.29) is 18.1 Å². The van der Waals surface area contributed by atoms with Crippen LogP contribution in [0, 0.1) is 17.8 Å². The highest BCUT2D eigenvalue weighted by molar-refractivity contribution is 4.82. The van der Waals surface area contributed by atoms with Gasteiger partial charge in [-0.3, -0.25) is 0 Å². The lowest BCUT2D eigenvalue weighted by molar-refractivity contribution is -0.195. The molecule has 0 aromatic rings. The average molecular weight is 364 g/mol. The first-order chi connectivity index (χ1) is 11.5. The van der Waals surface area contributed by atoms with Gasteiger partial charge in [-0.05, 0) is 38.5 Å². The molecule has 0 fully saturated rings. The van der Waals surface area contributed by atoms with E-state index in [1.165, 1.54) is 0 Å². The highest BCUT2D eigenvalue weighted by Crippen LogP contribution is 2.26. The molecule has 6 unspecified atom stereocenters. The SMILES string of the molecule is CCC(O)CC(CC)OC(O)[C@H](C)C(O)C(C)C(O)[C@H](C)C[C@H](C)N. The van der Waals surface area contributed by atoms with E-state index in [2.05, 4.69) is 0 Å². The molecule has 0 aromatic carbocycles. The Hall–Kier alpha value is -0.240. The molecule has 0 aliphatic carbocycles. The van der Waals surface area contributed by atoms with Gasteiger partial charge >= 0.3 is 0 Å². The molecule has 152 valence electrons. The van der Waals surface area contributed by atoms with Gasteiger partial charge in [-0.25, -0.2) is 0 Å². The molecule has 0 aliphatic heterocycles. The van der Waals surface area contributed by atoms with Crippen LogP contribution >= 0.6 is 0 Å². The molecule has 6 heteroatoms. The zero-order valence-corrected chi connectivity index (χ0v) is 16.8. The van der Waals surface area contributed by atoms with Crippen molar-refractivity contribution in [2.45, 2.75) is 104 Å². The Kier molecular flexibility index (Phi) is 12.1. The Morgan fingerprint density at radius 2 is 1.36 bits per heavy atom. The van der Waals surface area contributed by atoms with E-state index in [0.29, 0.717) is 25.7 Å². The van der Waals surface area contributed by atoms with Crippen molar-refractivity contribution >= 4 is 0 Å². The number of aliphatic hydroxyl groups is 4. The molecule has 25 heavy (non-hydrogen) atoms. The topological polar surface area (TPSA) is 116 Å². The third-order valence-electron chi connectivity index (χ3n) is 5.19. The van der Waals surface area contributed by atoms with Crippen LogP contribution in [0.15, 0.2) is 0 Å². The van der Waals surface area contributed by atoms with Crippen LogP contribution in [0.3, 0.4) is 0 Å². The van der Waals surface area contributed by atoms with Crippen molar-refractivity contribution in [2.24, 2.45) is 23.5 Å². The molecule has 0 spiro atoms. The second-order valence-electron chi connectivity index (χ2n) is 7.74. The maximum atomic E-state index is 10.5. The third-order valence-corrected chi connectivity index (χ3v) is 5.19. The van der Waals surface area contributed by atoms with Crippen molar-refractivity contribution in [2.75, 3.05) is 0 Å². The van der Waals surface area contributed by atoms with Crippen LogP contribution in [-0.4, -0.2) is 57.2 Å². The first kappa shape index (κ1) is 24.8. The molecule has 0 heterocycles. The van der Waals surface area contributed by atoms with E-state index in [4.69, 9.17) is 10.5 Å². The fraction of sp³-hybridized carbons (Fsp3) is 1.00. The number of ether oxygens (including phenoxy) is 1. The Morgan fingerprint density at radius 3 is 1.80 bits per heavy atom. The Morgan fingerprint density at radius 1 is 0.800 bits per heavy atom. The summed E-state index contributed by atoms with van der Waals surface area (Å²) < 4.78 is 5.64. The monoisotopic (exact) mass is 363 g/mol. The number of hydrogen-bond acceptors (Lipinski definition) is 6. The average Bonchev–Trinajstić information content (AvgIpc) is 2.57. The molecular formula is C19H41NO5. The standard InChI is InChI=1S/C19H41NO5/c1-7-15(21)10-16(8-2)25-19(24)14(6)18(23)13(5)17(22)11(3)9-12(4)20/h11-19,21-24H,7-10,20H2,1-6H3/t11-,12+,13?,14-,15?,16?,17?,18?,19?/m1/s1. The second kappa shape index (κ2) is 12.2. The summed E-state index contributed by atoms with van der Waals surface area (Å²) in [7, 11) is 0. The van der Waals surface area contributed by atoms with E-state index in [9.17, 15) is 20.4 Å². The molecule has 0 radical (unpaired) electrons. The summed E-state index contributed by atoms with van der Waals surface area (Å²) >= 11 is 0. The van der Waals surface area contributed by atoms with Gasteiger partial charge < -0.3 is 30.9 Å². The summed E-state index contributed by atoms with van der Waals surface area (Å²) in [5.41, 5.74) is 5.78. The van der Waals surface area contributed by atoms with Gasteiger partial charge in [-0.1, -0.05) is 34.6 Å². The summed E-state index contributed by atoms with van der Waals surface area (Å²) in [6.07, 6.45) is -1.07. The number of aliphatic hydroxyl groups excluding tert-OH is 4. The minimum Gasteiger partial charge on any atom is -0.393 e. The summed E-state index contributed by atoms with van der Waals surface area (Å²) in [5.74, 6) is -1.01. The zero-order valence-electron chi connectivity index (χ0n) is 16.8. The lowest BCUT2D eigenvalue weighted by atomic mass is 9.82. The van der Waals surface area contributed by atoms with Crippen LogP contribution < -0.4 is 5.73 Å². The highest BCUT2D eigenvalue weighted by Gasteiger charge is 2.34. The Bertz CT molecular complexity index is 342. The zero-order chi connectivity index (χ0) is 19.7. The summed E-state index contributed by atoms with van der Waals surface area (Å²) in [6, 6.07) is -0.0179. The van der Waals surface area contributed by atoms with Crippen molar-refractivity contribution in [1.82, 2.24) is 0 Å². The fourth-order valence-electron chi connectivity index (χ4n) is 3.20. The van der Waals surface area contributed by atoms with Gasteiger partial charge in [0.1, 0.15) is 0 Å². The van der Waals surface area contributed by atoms with Gasteiger partial charge in [0.15, 0.2) is 6.29 Å². The molecule has 0 rings (SSSR count). The van der Waals surface area contributed by atoms with Crippen molar-refractivity contribution < 1.29 is 25.2 Å². The maximum absolute atomic E-state index is 10.5. The van der Waals surface area contributed by atoms with Crippen molar-refractivity contribution in [3.05, 3.63) is 0 Å². The van der Waals surface area contributed by atoms with E-state index < -0.39 is 36.4 Å². The predicted octanol–water partition coefficient (Wildman–Crippen LogP) is 1.63. The molecule has 0 bridgehead atoms. The third kappa shape index (κ3) is 8.80. The van der Waals surface area contributed by atoms with Crippen molar-refractivity contribution in [3.8, 4) is 0 Å². The van der Waals surface area contributed by atoms with Gasteiger partial charge in [0.25, 0.3) is 0 Å². The van der Waals surface area contributed by atoms with Gasteiger partial charge in [0.05, 0.1) is 24.4 Å². The van der Waals surface area contributed by atoms with Gasteiger partial charge in [0, 0.05) is 17.9 Å². The number of nitrogens with two attached hydrogens (primary N) is 1. The normalized spacial score (nSPS) is 23.2. The quantitative estimate of drug-likeness (QED) is 0.318. The molecule has 0 aromatic heterocycles. The second-order valence-corrected chi connectivity index (χ2v) is 7.74. The highest BCUT2D eigenvalue weighted by atomic mass is 16.6. The van der Waals surface area contributed by atoms with Crippen LogP contribution in [0.25, 0.3) is 0 Å². The summed E-state index contributed by atoms with van der Waals surface area (Å²) in [5, 5.41) is 41.1. The lowest BCUT2D eigenvalue weighted by Crippen LogP contribution is -2.43. The maximum Gasteiger partial charge on any atom is 0.159 e. The molecule has 9 atom stereocenters. The first-order valence-electron chi connectivity index (χ1n) is 9.68. The minimum absolute atomic E-state index is 0.0179. The Balaban J connectivity index is 4.70. The first-order valence-corrected chi connectivity index (χ1v) is 9.68. The predicted molar refractivity (Wildman–Crippen MR) is 99.9 cm³/mol. The summed E-state index contributed by atoms with van der Waals surface area (Å²) in [6.45, 7) is 11.1. The molecule has 0 amide bonds. The van der Waals surface area contributed by atoms with Crippen LogP contribution in [0.5, 0.6) is 0 Å². The van der Waals surface area contributed by atoms with Crippen LogP contribution in [0.4, 0.5) is 0 Å².